The van der Waals surface area contributed by atoms with Crippen LogP contribution in [0.1, 0.15) is 32.4 Å². The fourth-order valence-electron chi connectivity index (χ4n) is 2.61. The third-order valence-electron chi connectivity index (χ3n) is 4.20. The Morgan fingerprint density at radius 2 is 0.914 bits per heavy atom. The average Bonchev–Trinajstić information content (AvgIpc) is 3.36. The molecule has 35 heavy (non-hydrogen) atoms. The van der Waals surface area contributed by atoms with Gasteiger partial charge in [0.1, 0.15) is 24.3 Å². The van der Waals surface area contributed by atoms with Gasteiger partial charge in [-0.15, -0.1) is 20.4 Å². The molecule has 0 bridgehead atoms. The first-order valence-electron chi connectivity index (χ1n) is 8.73. The molecular weight excluding hydrogens is 565 g/mol. The van der Waals surface area contributed by atoms with Gasteiger partial charge in [-0.2, -0.15) is 0 Å². The third-order valence-corrected chi connectivity index (χ3v) is 4.20. The minimum absolute atomic E-state index is 0. The van der Waals surface area contributed by atoms with Crippen molar-refractivity contribution < 1.29 is 69.0 Å². The fraction of sp³-hybridized carbons (Fsp3) is 0.100. The molecule has 0 aliphatic heterocycles. The van der Waals surface area contributed by atoms with Crippen LogP contribution in [0.15, 0.2) is 61.2 Å². The number of nitrogens with zero attached hydrogens (tertiary/aromatic N) is 6. The molecule has 15 heteroatoms. The van der Waals surface area contributed by atoms with Gasteiger partial charge in [-0.1, -0.05) is 24.3 Å². The number of carbonyl (C=O) groups is 2. The molecule has 0 saturated heterocycles. The van der Waals surface area contributed by atoms with Crippen LogP contribution in [0.5, 0.6) is 0 Å². The molecule has 0 unspecified atom stereocenters. The summed E-state index contributed by atoms with van der Waals surface area (Å²) in [5.41, 5.74) is 1.96. The van der Waals surface area contributed by atoms with Crippen LogP contribution in [0, 0.1) is 13.8 Å². The monoisotopic (exact) mass is 594 g/mol. The van der Waals surface area contributed by atoms with Gasteiger partial charge in [-0.25, -0.2) is 0 Å². The Balaban J connectivity index is -0.000000512. The van der Waals surface area contributed by atoms with E-state index in [9.17, 15) is 19.8 Å². The second kappa shape index (κ2) is 16.1. The van der Waals surface area contributed by atoms with Crippen molar-refractivity contribution in [3.8, 4) is 11.4 Å². The average molecular weight is 593 g/mol. The first kappa shape index (κ1) is 36.0. The first-order valence-corrected chi connectivity index (χ1v) is 8.73. The number of aryl methyl sites for hydroxylation is 2. The van der Waals surface area contributed by atoms with Crippen molar-refractivity contribution in [2.45, 2.75) is 13.8 Å². The van der Waals surface area contributed by atoms with Gasteiger partial charge in [0.25, 0.3) is 0 Å². The Hall–Kier alpha value is -3.58. The van der Waals surface area contributed by atoms with E-state index in [1.807, 2.05) is 13.8 Å². The van der Waals surface area contributed by atoms with Gasteiger partial charge >= 0.3 is 27.3 Å². The zero-order chi connectivity index (χ0) is 21.7. The number of hydrogen-bond acceptors (Lipinski definition) is 8. The van der Waals surface area contributed by atoms with Crippen LogP contribution < -0.4 is 10.2 Å². The minimum Gasteiger partial charge on any atom is -0.545 e. The van der Waals surface area contributed by atoms with Gasteiger partial charge in [-0.3, -0.25) is 9.13 Å². The molecule has 0 fully saturated rings. The fourth-order valence-corrected chi connectivity index (χ4v) is 2.61. The molecule has 0 atom stereocenters. The molecule has 0 radical (unpaired) electrons. The van der Waals surface area contributed by atoms with Crippen molar-refractivity contribution in [2.75, 3.05) is 0 Å². The number of aromatic nitrogens is 6. The van der Waals surface area contributed by atoms with Gasteiger partial charge in [0, 0.05) is 11.4 Å². The molecule has 2 aromatic carbocycles. The van der Waals surface area contributed by atoms with Crippen molar-refractivity contribution in [2.24, 2.45) is 0 Å². The van der Waals surface area contributed by atoms with Crippen molar-refractivity contribution >= 4 is 11.9 Å². The molecule has 0 aliphatic rings. The molecule has 2 heterocycles. The third kappa shape index (κ3) is 8.94. The van der Waals surface area contributed by atoms with Crippen LogP contribution in [0.3, 0.4) is 0 Å². The molecule has 0 aliphatic carbocycles. The quantitative estimate of drug-likeness (QED) is 0.167. The minimum atomic E-state index is -1.18. The Kier molecular flexibility index (Phi) is 16.6. The number of benzene rings is 2. The Bertz CT molecular complexity index is 1090. The second-order valence-electron chi connectivity index (χ2n) is 6.16. The van der Waals surface area contributed by atoms with Gasteiger partial charge in [0.2, 0.25) is 0 Å². The SMILES string of the molecule is Cc1nncn1-c1ccc(C(=O)[O-])cc1.Cc1nncn1-c1ccc(C(=O)[O-])cc1.[Cd+2].[OH3+].[OH3+].[OH3+].[OH3+]. The van der Waals surface area contributed by atoms with E-state index in [2.05, 4.69) is 20.4 Å². The summed E-state index contributed by atoms with van der Waals surface area (Å²) >= 11 is 0. The normalized spacial score (nSPS) is 8.74. The maximum absolute atomic E-state index is 10.5. The Morgan fingerprint density at radius 3 is 1.11 bits per heavy atom. The summed E-state index contributed by atoms with van der Waals surface area (Å²) in [6.45, 7) is 3.64. The van der Waals surface area contributed by atoms with Crippen molar-refractivity contribution in [3.05, 3.63) is 84.0 Å². The van der Waals surface area contributed by atoms with Crippen LogP contribution in [-0.2, 0) is 49.2 Å². The molecule has 4 aromatic rings. The summed E-state index contributed by atoms with van der Waals surface area (Å²) in [6, 6.07) is 12.7. The number of carboxylic acids is 2. The number of hydrogen-bond donors (Lipinski definition) is 0. The summed E-state index contributed by atoms with van der Waals surface area (Å²) < 4.78 is 3.53. The maximum atomic E-state index is 10.5. The molecule has 0 saturated carbocycles. The van der Waals surface area contributed by atoms with E-state index < -0.39 is 11.9 Å². The molecule has 2 aromatic heterocycles. The standard InChI is InChI=1S/2C10H9N3O2.Cd.4H2O/c2*1-7-12-11-6-13(7)9-4-2-8(3-5-9)10(14)15;;;;;/h2*2-6H,1H3,(H,14,15);;4*1H2/q;;+2;;;;/p+2. The molecule has 184 valence electrons. The van der Waals surface area contributed by atoms with Crippen molar-refractivity contribution in [1.29, 1.82) is 0 Å². The molecule has 12 N–H and O–H groups in total. The van der Waals surface area contributed by atoms with E-state index in [0.29, 0.717) is 0 Å². The topological polar surface area (TPSA) is 274 Å². The number of carbonyl (C=O) groups excluding carboxylic acids is 2. The van der Waals surface area contributed by atoms with E-state index in [1.165, 1.54) is 24.3 Å². The summed E-state index contributed by atoms with van der Waals surface area (Å²) in [5.74, 6) is -0.864. The largest absolute Gasteiger partial charge is 2.00 e. The Morgan fingerprint density at radius 1 is 0.629 bits per heavy atom. The van der Waals surface area contributed by atoms with Crippen molar-refractivity contribution in [1.82, 2.24) is 29.5 Å². The summed E-state index contributed by atoms with van der Waals surface area (Å²) in [4.78, 5) is 21.0. The molecule has 0 amide bonds. The number of aromatic carboxylic acids is 2. The molecular formula is C20H28CdN6O8+4. The van der Waals surface area contributed by atoms with E-state index >= 15 is 0 Å². The van der Waals surface area contributed by atoms with E-state index in [-0.39, 0.29) is 60.3 Å². The molecule has 4 rings (SSSR count). The summed E-state index contributed by atoms with van der Waals surface area (Å²) in [5, 5.41) is 36.2. The van der Waals surface area contributed by atoms with Crippen LogP contribution in [0.25, 0.3) is 11.4 Å². The smallest absolute Gasteiger partial charge is 0.545 e. The van der Waals surface area contributed by atoms with Gasteiger partial charge in [-0.05, 0) is 49.2 Å². The van der Waals surface area contributed by atoms with Crippen LogP contribution >= 0.6 is 0 Å². The zero-order valence-corrected chi connectivity index (χ0v) is 23.1. The molecule has 14 nitrogen and oxygen atoms in total. The first-order chi connectivity index (χ1) is 14.4. The van der Waals surface area contributed by atoms with E-state index in [4.69, 9.17) is 0 Å². The molecule has 0 spiro atoms. The Labute approximate surface area is 219 Å². The zero-order valence-electron chi connectivity index (χ0n) is 19.1. The predicted molar refractivity (Wildman–Crippen MR) is 120 cm³/mol. The number of carboxylic acid groups (broad SMARTS) is 2. The van der Waals surface area contributed by atoms with Crippen molar-refractivity contribution in [3.63, 3.8) is 0 Å². The second-order valence-corrected chi connectivity index (χ2v) is 6.16. The van der Waals surface area contributed by atoms with Crippen LogP contribution in [0.2, 0.25) is 0 Å². The maximum Gasteiger partial charge on any atom is 2.00 e. The van der Waals surface area contributed by atoms with Crippen LogP contribution in [-0.4, -0.2) is 41.5 Å². The van der Waals surface area contributed by atoms with Gasteiger partial charge in [0.15, 0.2) is 0 Å². The number of rotatable bonds is 4. The summed E-state index contributed by atoms with van der Waals surface area (Å²) in [7, 11) is 0. The van der Waals surface area contributed by atoms with Gasteiger partial charge in [0.05, 0.1) is 11.9 Å². The predicted octanol–water partition coefficient (Wildman–Crippen LogP) is -3.81. The van der Waals surface area contributed by atoms with E-state index in [1.54, 1.807) is 46.1 Å². The van der Waals surface area contributed by atoms with Crippen LogP contribution in [0.4, 0.5) is 0 Å². The van der Waals surface area contributed by atoms with E-state index in [0.717, 1.165) is 23.0 Å². The summed E-state index contributed by atoms with van der Waals surface area (Å²) in [6.07, 6.45) is 3.15. The van der Waals surface area contributed by atoms with Gasteiger partial charge < -0.3 is 41.7 Å².